The zero-order valence-electron chi connectivity index (χ0n) is 33.9. The Balaban J connectivity index is 1.50. The molecule has 4 aromatic rings. The topological polar surface area (TPSA) is 36.9 Å². The lowest BCUT2D eigenvalue weighted by molar-refractivity contribution is 0.225. The van der Waals surface area contributed by atoms with E-state index in [9.17, 15) is 0 Å². The summed E-state index contributed by atoms with van der Waals surface area (Å²) in [5, 5.41) is 8.98. The maximum absolute atomic E-state index is 7.79. The molecule has 1 aliphatic rings. The first kappa shape index (κ1) is 43.5. The fourth-order valence-electron chi connectivity index (χ4n) is 7.62. The molecule has 0 aromatic carbocycles. The van der Waals surface area contributed by atoms with Gasteiger partial charge in [-0.1, -0.05) is 125 Å². The van der Waals surface area contributed by atoms with Crippen molar-refractivity contribution < 1.29 is 16.5 Å². The van der Waals surface area contributed by atoms with Crippen molar-refractivity contribution >= 4 is 130 Å². The SMILES string of the molecule is C[Si]1(CC[Si](C)(C)c2cccs2)O[Si](C)(CC[Si](C)(C)c2cccs2)O[Si](C)(CC[Si](C)(C)c2cccs2)O[Si](C)(CC[Si](C)(C)c2cccs2)O1. The van der Waals surface area contributed by atoms with Crippen LogP contribution in [0.15, 0.2) is 70.1 Å². The van der Waals surface area contributed by atoms with Crippen LogP contribution in [0.5, 0.6) is 0 Å². The van der Waals surface area contributed by atoms with Gasteiger partial charge in [0.25, 0.3) is 0 Å². The van der Waals surface area contributed by atoms with Crippen LogP contribution in [0.4, 0.5) is 0 Å². The molecule has 1 saturated heterocycles. The molecule has 0 aliphatic carbocycles. The highest BCUT2D eigenvalue weighted by Crippen LogP contribution is 2.41. The lowest BCUT2D eigenvalue weighted by Crippen LogP contribution is -2.68. The van der Waals surface area contributed by atoms with Crippen LogP contribution in [-0.2, 0) is 16.5 Å². The van der Waals surface area contributed by atoms with E-state index in [4.69, 9.17) is 16.5 Å². The lowest BCUT2D eigenvalue weighted by atomic mass is 10.7. The zero-order valence-corrected chi connectivity index (χ0v) is 45.1. The summed E-state index contributed by atoms with van der Waals surface area (Å²) in [4.78, 5) is 0. The Kier molecular flexibility index (Phi) is 14.0. The Bertz CT molecular complexity index is 1420. The average molecular weight is 914 g/mol. The predicted octanol–water partition coefficient (Wildman–Crippen LogP) is 11.1. The number of rotatable bonds is 16. The van der Waals surface area contributed by atoms with Crippen LogP contribution in [0.2, 0.25) is 127 Å². The normalized spacial score (nSPS) is 26.7. The first-order valence-electron chi connectivity index (χ1n) is 19.0. The first-order chi connectivity index (χ1) is 24.1. The summed E-state index contributed by atoms with van der Waals surface area (Å²) in [5.41, 5.74) is 0. The van der Waals surface area contributed by atoms with Crippen LogP contribution in [0, 0.1) is 0 Å². The van der Waals surface area contributed by atoms with Crippen LogP contribution in [0.1, 0.15) is 0 Å². The summed E-state index contributed by atoms with van der Waals surface area (Å²) in [6.45, 7) is 29.9. The van der Waals surface area contributed by atoms with E-state index in [1.807, 2.05) is 45.3 Å². The van der Waals surface area contributed by atoms with Gasteiger partial charge in [0.1, 0.15) is 0 Å². The van der Waals surface area contributed by atoms with Gasteiger partial charge in [0.05, 0.1) is 32.3 Å². The third-order valence-electron chi connectivity index (χ3n) is 11.3. The van der Waals surface area contributed by atoms with Crippen molar-refractivity contribution in [2.75, 3.05) is 0 Å². The van der Waals surface area contributed by atoms with Crippen LogP contribution in [0.3, 0.4) is 0 Å². The Morgan fingerprint density at radius 3 is 0.731 bits per heavy atom. The van der Waals surface area contributed by atoms with Crippen molar-refractivity contribution in [2.45, 2.75) is 127 Å². The quantitative estimate of drug-likeness (QED) is 0.105. The minimum absolute atomic E-state index is 1.01. The van der Waals surface area contributed by atoms with E-state index >= 15 is 0 Å². The lowest BCUT2D eigenvalue weighted by Gasteiger charge is -2.51. The Morgan fingerprint density at radius 2 is 0.577 bits per heavy atom. The maximum atomic E-state index is 7.79. The number of thiophene rings is 4. The van der Waals surface area contributed by atoms with E-state index in [0.717, 1.165) is 24.2 Å². The average Bonchev–Trinajstić information content (AvgIpc) is 3.88. The summed E-state index contributed by atoms with van der Waals surface area (Å²) in [7, 11) is -17.5. The molecule has 1 fully saturated rings. The molecule has 16 heteroatoms. The van der Waals surface area contributed by atoms with Gasteiger partial charge in [0.15, 0.2) is 0 Å². The van der Waals surface area contributed by atoms with E-state index in [1.165, 1.54) is 24.2 Å². The molecule has 4 nitrogen and oxygen atoms in total. The molecule has 288 valence electrons. The van der Waals surface area contributed by atoms with Gasteiger partial charge >= 0.3 is 34.2 Å². The molecule has 52 heavy (non-hydrogen) atoms. The highest BCUT2D eigenvalue weighted by Gasteiger charge is 2.57. The molecule has 4 aromatic heterocycles. The molecular weight excluding hydrogens is 849 g/mol. The molecule has 0 unspecified atom stereocenters. The van der Waals surface area contributed by atoms with Gasteiger partial charge < -0.3 is 16.5 Å². The molecule has 1 aliphatic heterocycles. The van der Waals surface area contributed by atoms with E-state index in [-0.39, 0.29) is 0 Å². The van der Waals surface area contributed by atoms with Gasteiger partial charge in [-0.25, -0.2) is 0 Å². The summed E-state index contributed by atoms with van der Waals surface area (Å²) in [5.74, 6) is 0. The molecule has 0 bridgehead atoms. The van der Waals surface area contributed by atoms with E-state index in [2.05, 4.69) is 149 Å². The van der Waals surface area contributed by atoms with Crippen molar-refractivity contribution in [3.05, 3.63) is 70.1 Å². The van der Waals surface area contributed by atoms with Gasteiger partial charge in [0, 0.05) is 0 Å². The van der Waals surface area contributed by atoms with Gasteiger partial charge in [-0.15, -0.1) is 0 Å². The van der Waals surface area contributed by atoms with Crippen molar-refractivity contribution in [1.29, 1.82) is 0 Å². The van der Waals surface area contributed by atoms with E-state index < -0.39 is 66.5 Å². The highest BCUT2D eigenvalue weighted by atomic mass is 32.1. The molecule has 0 spiro atoms. The van der Waals surface area contributed by atoms with Gasteiger partial charge in [-0.05, 0) is 89.9 Å². The second kappa shape index (κ2) is 16.7. The smallest absolute Gasteiger partial charge is 0.317 e. The van der Waals surface area contributed by atoms with Gasteiger partial charge in [-0.3, -0.25) is 0 Å². The van der Waals surface area contributed by atoms with Crippen molar-refractivity contribution in [2.24, 2.45) is 0 Å². The summed E-state index contributed by atoms with van der Waals surface area (Å²) < 4.78 is 37.5. The fourth-order valence-corrected chi connectivity index (χ4v) is 57.1. The fraction of sp³-hybridized carbons (Fsp3) is 0.556. The van der Waals surface area contributed by atoms with Crippen LogP contribution in [-0.4, -0.2) is 66.5 Å². The highest BCUT2D eigenvalue weighted by molar-refractivity contribution is 7.27. The van der Waals surface area contributed by atoms with Gasteiger partial charge in [0.2, 0.25) is 0 Å². The zero-order chi connectivity index (χ0) is 38.1. The Labute approximate surface area is 340 Å². The van der Waals surface area contributed by atoms with Crippen LogP contribution >= 0.6 is 45.3 Å². The maximum Gasteiger partial charge on any atom is 0.317 e. The van der Waals surface area contributed by atoms with E-state index in [1.54, 1.807) is 18.0 Å². The molecule has 0 radical (unpaired) electrons. The first-order valence-corrected chi connectivity index (χ1v) is 45.5. The molecular formula is C36H64O4S4Si8. The molecule has 0 N–H and O–H groups in total. The standard InChI is InChI=1S/C36H64O4S4Si8/c1-45(2,33-17-13-21-41-33)25-29-49(9)37-50(10,30-26-46(3,4)34-18-14-22-42-34)39-52(12,32-28-48(7,8)36-20-16-24-44-36)40-51(11,38-49)31-27-47(5,6)35-19-15-23-43-35/h13-24H,25-32H2,1-12H3. The summed E-state index contributed by atoms with van der Waals surface area (Å²) in [6.07, 6.45) is 0. The number of hydrogen-bond donors (Lipinski definition) is 0. The second-order valence-electron chi connectivity index (χ2n) is 18.4. The van der Waals surface area contributed by atoms with Crippen LogP contribution in [0.25, 0.3) is 0 Å². The van der Waals surface area contributed by atoms with Gasteiger partial charge in [-0.2, -0.15) is 45.3 Å². The van der Waals surface area contributed by atoms with Crippen molar-refractivity contribution in [1.82, 2.24) is 0 Å². The number of hydrogen-bond acceptors (Lipinski definition) is 8. The molecule has 0 amide bonds. The minimum Gasteiger partial charge on any atom is -0.416 e. The molecule has 5 heterocycles. The molecule has 5 rings (SSSR count). The summed E-state index contributed by atoms with van der Waals surface area (Å²) >= 11 is 7.73. The van der Waals surface area contributed by atoms with E-state index in [0.29, 0.717) is 0 Å². The van der Waals surface area contributed by atoms with Crippen molar-refractivity contribution in [3.8, 4) is 0 Å². The minimum atomic E-state index is -2.72. The van der Waals surface area contributed by atoms with Crippen LogP contribution < -0.4 is 18.0 Å². The second-order valence-corrected chi connectivity index (χ2v) is 57.2. The monoisotopic (exact) mass is 912 g/mol. The summed E-state index contributed by atoms with van der Waals surface area (Å²) in [6, 6.07) is 27.0. The largest absolute Gasteiger partial charge is 0.416 e. The predicted molar refractivity (Wildman–Crippen MR) is 255 cm³/mol. The molecule has 0 atom stereocenters. The third-order valence-corrected chi connectivity index (χ3v) is 54.5. The van der Waals surface area contributed by atoms with Crippen molar-refractivity contribution in [3.63, 3.8) is 0 Å². The Morgan fingerprint density at radius 1 is 0.385 bits per heavy atom. The molecule has 0 saturated carbocycles. The third kappa shape index (κ3) is 11.3. The Hall–Kier alpha value is 0.375.